The minimum absolute atomic E-state index is 0.0543. The van der Waals surface area contributed by atoms with Gasteiger partial charge in [0.2, 0.25) is 5.95 Å². The van der Waals surface area contributed by atoms with Gasteiger partial charge < -0.3 is 19.1 Å². The van der Waals surface area contributed by atoms with Crippen LogP contribution in [0.2, 0.25) is 0 Å². The number of imidazole rings is 1. The molecule has 14 heteroatoms. The first kappa shape index (κ1) is 25.1. The standard InChI is InChI=1S/C23H23N7O7/c1-28-20-19(21(32)26-23(28)33)29(12-16(31)13-37-18-9-7-17(36-2)8-10-18)22(25-20)27-24-11-14-3-5-15(6-4-14)30(34)35/h3-11,16,31H,12-13H2,1-2H3,(H,25,27)(H,26,32,33)/b24-11+/t16-/m1/s1. The predicted molar refractivity (Wildman–Crippen MR) is 134 cm³/mol. The number of anilines is 1. The first-order valence-electron chi connectivity index (χ1n) is 10.9. The third kappa shape index (κ3) is 5.65. The molecule has 0 saturated carbocycles. The summed E-state index contributed by atoms with van der Waals surface area (Å²) in [6, 6.07) is 12.5. The number of non-ortho nitro benzene ring substituents is 1. The van der Waals surface area contributed by atoms with E-state index in [4.69, 9.17) is 9.47 Å². The molecule has 0 aliphatic rings. The van der Waals surface area contributed by atoms with Crippen molar-refractivity contribution in [1.29, 1.82) is 0 Å². The van der Waals surface area contributed by atoms with Crippen molar-refractivity contribution in [2.24, 2.45) is 12.1 Å². The van der Waals surface area contributed by atoms with Crippen LogP contribution < -0.4 is 26.1 Å². The van der Waals surface area contributed by atoms with Crippen molar-refractivity contribution < 1.29 is 19.5 Å². The van der Waals surface area contributed by atoms with Crippen LogP contribution in [0, 0.1) is 10.1 Å². The van der Waals surface area contributed by atoms with Gasteiger partial charge >= 0.3 is 5.69 Å². The highest BCUT2D eigenvalue weighted by Gasteiger charge is 2.20. The van der Waals surface area contributed by atoms with Crippen LogP contribution in [-0.4, -0.2) is 55.2 Å². The molecule has 0 amide bonds. The van der Waals surface area contributed by atoms with Gasteiger partial charge in [-0.25, -0.2) is 10.2 Å². The number of hydrogen-bond donors (Lipinski definition) is 3. The number of nitro groups is 1. The molecule has 4 rings (SSSR count). The van der Waals surface area contributed by atoms with Crippen LogP contribution in [0.4, 0.5) is 11.6 Å². The number of aliphatic hydroxyl groups is 1. The van der Waals surface area contributed by atoms with Crippen molar-refractivity contribution in [2.75, 3.05) is 19.1 Å². The van der Waals surface area contributed by atoms with Gasteiger partial charge in [-0.2, -0.15) is 10.1 Å². The van der Waals surface area contributed by atoms with E-state index in [1.807, 2.05) is 0 Å². The van der Waals surface area contributed by atoms with Crippen molar-refractivity contribution >= 4 is 29.0 Å². The summed E-state index contributed by atoms with van der Waals surface area (Å²) in [6.07, 6.45) is 0.343. The van der Waals surface area contributed by atoms with E-state index in [2.05, 4.69) is 20.5 Å². The average Bonchev–Trinajstić information content (AvgIpc) is 3.25. The van der Waals surface area contributed by atoms with Gasteiger partial charge in [-0.1, -0.05) is 0 Å². The second-order valence-electron chi connectivity index (χ2n) is 7.90. The Kier molecular flexibility index (Phi) is 7.29. The Morgan fingerprint density at radius 2 is 1.86 bits per heavy atom. The lowest BCUT2D eigenvalue weighted by Gasteiger charge is -2.15. The number of aromatic amines is 1. The number of fused-ring (bicyclic) bond motifs is 1. The van der Waals surface area contributed by atoms with E-state index in [-0.39, 0.29) is 36.0 Å². The third-order valence-electron chi connectivity index (χ3n) is 5.38. The van der Waals surface area contributed by atoms with Crippen molar-refractivity contribution in [1.82, 2.24) is 19.1 Å². The number of nitrogens with one attached hydrogen (secondary N) is 2. The quantitative estimate of drug-likeness (QED) is 0.161. The van der Waals surface area contributed by atoms with Crippen LogP contribution in [0.25, 0.3) is 11.2 Å². The van der Waals surface area contributed by atoms with E-state index in [1.54, 1.807) is 31.4 Å². The number of aliphatic hydroxyl groups excluding tert-OH is 1. The summed E-state index contributed by atoms with van der Waals surface area (Å²) in [5, 5.41) is 25.6. The van der Waals surface area contributed by atoms with Gasteiger partial charge in [0.15, 0.2) is 11.2 Å². The minimum atomic E-state index is -1.06. The van der Waals surface area contributed by atoms with E-state index in [1.165, 1.54) is 46.7 Å². The molecule has 0 bridgehead atoms. The van der Waals surface area contributed by atoms with E-state index in [0.29, 0.717) is 17.1 Å². The summed E-state index contributed by atoms with van der Waals surface area (Å²) < 4.78 is 13.3. The second-order valence-corrected chi connectivity index (χ2v) is 7.90. The molecule has 37 heavy (non-hydrogen) atoms. The average molecular weight is 509 g/mol. The third-order valence-corrected chi connectivity index (χ3v) is 5.38. The number of aryl methyl sites for hydroxylation is 1. The molecular formula is C23H23N7O7. The maximum Gasteiger partial charge on any atom is 0.329 e. The number of rotatable bonds is 10. The zero-order valence-corrected chi connectivity index (χ0v) is 19.8. The molecule has 14 nitrogen and oxygen atoms in total. The molecule has 1 atom stereocenters. The molecule has 2 heterocycles. The second kappa shape index (κ2) is 10.7. The molecule has 0 unspecified atom stereocenters. The summed E-state index contributed by atoms with van der Waals surface area (Å²) in [7, 11) is 3.00. The molecule has 0 aliphatic carbocycles. The van der Waals surface area contributed by atoms with Gasteiger partial charge in [0, 0.05) is 19.2 Å². The lowest BCUT2D eigenvalue weighted by atomic mass is 10.2. The van der Waals surface area contributed by atoms with Crippen LogP contribution in [0.1, 0.15) is 5.56 Å². The smallest absolute Gasteiger partial charge is 0.329 e. The number of H-pyrrole nitrogens is 1. The van der Waals surface area contributed by atoms with Crippen LogP contribution >= 0.6 is 0 Å². The molecule has 3 N–H and O–H groups in total. The van der Waals surface area contributed by atoms with E-state index in [0.717, 1.165) is 0 Å². The van der Waals surface area contributed by atoms with E-state index >= 15 is 0 Å². The Bertz CT molecular complexity index is 1550. The maximum absolute atomic E-state index is 12.6. The number of ether oxygens (including phenoxy) is 2. The fourth-order valence-corrected chi connectivity index (χ4v) is 3.47. The first-order chi connectivity index (χ1) is 17.8. The molecule has 192 valence electrons. The van der Waals surface area contributed by atoms with Gasteiger partial charge in [0.25, 0.3) is 11.2 Å². The number of benzene rings is 2. The molecule has 0 fully saturated rings. The lowest BCUT2D eigenvalue weighted by Crippen LogP contribution is -2.30. The fraction of sp³-hybridized carbons (Fsp3) is 0.217. The van der Waals surface area contributed by atoms with Crippen molar-refractivity contribution in [2.45, 2.75) is 12.6 Å². The summed E-state index contributed by atoms with van der Waals surface area (Å²) in [6.45, 7) is -0.204. The van der Waals surface area contributed by atoms with Gasteiger partial charge in [-0.05, 0) is 42.0 Å². The predicted octanol–water partition coefficient (Wildman–Crippen LogP) is 1.23. The minimum Gasteiger partial charge on any atom is -0.497 e. The van der Waals surface area contributed by atoms with E-state index < -0.39 is 22.3 Å². The van der Waals surface area contributed by atoms with Crippen LogP contribution in [0.3, 0.4) is 0 Å². The topological polar surface area (TPSA) is 179 Å². The van der Waals surface area contributed by atoms with Gasteiger partial charge in [-0.3, -0.25) is 24.5 Å². The highest BCUT2D eigenvalue weighted by Crippen LogP contribution is 2.19. The number of methoxy groups -OCH3 is 1. The highest BCUT2D eigenvalue weighted by atomic mass is 16.6. The SMILES string of the molecule is COc1ccc(OC[C@H](O)Cn2c(N/N=C/c3ccc([N+](=O)[O-])cc3)nc3c2c(=O)[nH]c(=O)n3C)cc1. The Hall–Kier alpha value is -4.98. The van der Waals surface area contributed by atoms with Gasteiger partial charge in [0.05, 0.1) is 24.8 Å². The largest absolute Gasteiger partial charge is 0.497 e. The molecule has 2 aromatic carbocycles. The van der Waals surface area contributed by atoms with Crippen LogP contribution in [0.5, 0.6) is 11.5 Å². The zero-order chi connectivity index (χ0) is 26.5. The normalized spacial score (nSPS) is 12.1. The van der Waals surface area contributed by atoms with Gasteiger partial charge in [-0.15, -0.1) is 0 Å². The van der Waals surface area contributed by atoms with Crippen LogP contribution in [0.15, 0.2) is 63.2 Å². The fourth-order valence-electron chi connectivity index (χ4n) is 3.47. The Balaban J connectivity index is 1.57. The number of hydrogen-bond acceptors (Lipinski definition) is 10. The molecule has 0 aliphatic heterocycles. The summed E-state index contributed by atoms with van der Waals surface area (Å²) in [5.41, 5.74) is 2.03. The number of aromatic nitrogens is 4. The Labute approximate surface area is 208 Å². The monoisotopic (exact) mass is 509 g/mol. The van der Waals surface area contributed by atoms with Crippen molar-refractivity contribution in [3.8, 4) is 11.5 Å². The summed E-state index contributed by atoms with van der Waals surface area (Å²) in [5.74, 6) is 1.26. The molecule has 2 aromatic heterocycles. The number of nitro benzene ring substituents is 1. The first-order valence-corrected chi connectivity index (χ1v) is 10.9. The number of hydrazone groups is 1. The summed E-state index contributed by atoms with van der Waals surface area (Å²) in [4.78, 5) is 41.5. The Morgan fingerprint density at radius 3 is 2.51 bits per heavy atom. The number of nitrogens with zero attached hydrogens (tertiary/aromatic N) is 5. The molecule has 4 aromatic rings. The molecular weight excluding hydrogens is 486 g/mol. The highest BCUT2D eigenvalue weighted by molar-refractivity contribution is 5.81. The van der Waals surface area contributed by atoms with Gasteiger partial charge in [0.1, 0.15) is 24.2 Å². The van der Waals surface area contributed by atoms with Crippen molar-refractivity contribution in [3.05, 3.63) is 85.0 Å². The molecule has 0 spiro atoms. The van der Waals surface area contributed by atoms with E-state index in [9.17, 15) is 24.8 Å². The van der Waals surface area contributed by atoms with Crippen molar-refractivity contribution in [3.63, 3.8) is 0 Å². The Morgan fingerprint density at radius 1 is 1.19 bits per heavy atom. The lowest BCUT2D eigenvalue weighted by molar-refractivity contribution is -0.384. The molecule has 0 saturated heterocycles. The van der Waals surface area contributed by atoms with Crippen LogP contribution in [-0.2, 0) is 13.6 Å². The summed E-state index contributed by atoms with van der Waals surface area (Å²) >= 11 is 0. The maximum atomic E-state index is 12.6. The zero-order valence-electron chi connectivity index (χ0n) is 19.8. The molecule has 0 radical (unpaired) electrons.